The van der Waals surface area contributed by atoms with Gasteiger partial charge >= 0.3 is 0 Å². The summed E-state index contributed by atoms with van der Waals surface area (Å²) in [4.78, 5) is 26.7. The van der Waals surface area contributed by atoms with Gasteiger partial charge in [0.15, 0.2) is 12.7 Å². The van der Waals surface area contributed by atoms with E-state index in [9.17, 15) is 9.59 Å². The number of ether oxygens (including phenoxy) is 3. The lowest BCUT2D eigenvalue weighted by molar-refractivity contribution is -0.128. The van der Waals surface area contributed by atoms with Gasteiger partial charge in [-0.3, -0.25) is 9.59 Å². The van der Waals surface area contributed by atoms with Crippen LogP contribution in [0.25, 0.3) is 0 Å². The molecule has 3 rings (SSSR count). The fourth-order valence-corrected chi connectivity index (χ4v) is 2.86. The van der Waals surface area contributed by atoms with Crippen LogP contribution in [0.1, 0.15) is 13.3 Å². The molecule has 2 aromatic rings. The van der Waals surface area contributed by atoms with Crippen LogP contribution in [0.5, 0.6) is 17.2 Å². The van der Waals surface area contributed by atoms with E-state index in [2.05, 4.69) is 5.32 Å². The molecule has 0 aliphatic carbocycles. The van der Waals surface area contributed by atoms with Crippen molar-refractivity contribution in [3.05, 3.63) is 48.5 Å². The Kier molecular flexibility index (Phi) is 6.37. The zero-order chi connectivity index (χ0) is 19.9. The number of anilines is 1. The largest absolute Gasteiger partial charge is 0.497 e. The second-order valence-electron chi connectivity index (χ2n) is 6.33. The number of hydrogen-bond donors (Lipinski definition) is 1. The summed E-state index contributed by atoms with van der Waals surface area (Å²) >= 11 is 0. The molecular formula is C21H24N2O5. The number of benzene rings is 2. The van der Waals surface area contributed by atoms with Crippen LogP contribution in [0, 0.1) is 0 Å². The van der Waals surface area contributed by atoms with Crippen LogP contribution in [-0.4, -0.2) is 44.7 Å². The van der Waals surface area contributed by atoms with Crippen LogP contribution in [0.2, 0.25) is 0 Å². The number of methoxy groups -OCH3 is 1. The first-order valence-electron chi connectivity index (χ1n) is 9.23. The Morgan fingerprint density at radius 2 is 1.86 bits per heavy atom. The Balaban J connectivity index is 1.70. The zero-order valence-corrected chi connectivity index (χ0v) is 16.0. The van der Waals surface area contributed by atoms with Gasteiger partial charge in [-0.05, 0) is 42.8 Å². The third-order valence-electron chi connectivity index (χ3n) is 4.34. The molecule has 0 spiro atoms. The van der Waals surface area contributed by atoms with Gasteiger partial charge in [-0.15, -0.1) is 0 Å². The molecule has 7 heteroatoms. The molecule has 1 heterocycles. The monoisotopic (exact) mass is 384 g/mol. The van der Waals surface area contributed by atoms with Crippen molar-refractivity contribution in [1.82, 2.24) is 5.32 Å². The Hall–Kier alpha value is -3.22. The summed E-state index contributed by atoms with van der Waals surface area (Å²) in [5.74, 6) is 1.29. The fraction of sp³-hybridized carbons (Fsp3) is 0.333. The maximum atomic E-state index is 12.8. The lowest BCUT2D eigenvalue weighted by Gasteiger charge is -2.34. The average Bonchev–Trinajstić information content (AvgIpc) is 2.75. The van der Waals surface area contributed by atoms with Crippen LogP contribution in [0.3, 0.4) is 0 Å². The molecule has 0 saturated heterocycles. The maximum absolute atomic E-state index is 12.8. The van der Waals surface area contributed by atoms with Crippen LogP contribution in [-0.2, 0) is 9.59 Å². The van der Waals surface area contributed by atoms with E-state index in [1.165, 1.54) is 0 Å². The van der Waals surface area contributed by atoms with Gasteiger partial charge < -0.3 is 24.4 Å². The van der Waals surface area contributed by atoms with Gasteiger partial charge in [-0.25, -0.2) is 0 Å². The Morgan fingerprint density at radius 3 is 2.57 bits per heavy atom. The number of amides is 2. The Labute approximate surface area is 164 Å². The molecule has 0 aromatic heterocycles. The summed E-state index contributed by atoms with van der Waals surface area (Å²) in [5.41, 5.74) is 0.630. The number of carbonyl (C=O) groups excluding carboxylic acids is 2. The molecule has 1 N–H and O–H groups in total. The van der Waals surface area contributed by atoms with E-state index in [0.717, 1.165) is 6.42 Å². The second-order valence-corrected chi connectivity index (χ2v) is 6.33. The number of hydrogen-bond acceptors (Lipinski definition) is 5. The number of carbonyl (C=O) groups is 2. The number of nitrogens with zero attached hydrogens (tertiary/aromatic N) is 1. The van der Waals surface area contributed by atoms with Crippen molar-refractivity contribution >= 4 is 17.5 Å². The topological polar surface area (TPSA) is 77.1 Å². The highest BCUT2D eigenvalue weighted by molar-refractivity contribution is 5.98. The quantitative estimate of drug-likeness (QED) is 0.793. The molecule has 2 aromatic carbocycles. The van der Waals surface area contributed by atoms with Gasteiger partial charge in [0.1, 0.15) is 17.2 Å². The SMILES string of the molecule is CCCNC(=O)[C@H]1CN(C(=O)COc2ccc(OC)cc2)c2ccccc2O1. The van der Waals surface area contributed by atoms with E-state index in [0.29, 0.717) is 29.5 Å². The van der Waals surface area contributed by atoms with Gasteiger partial charge in [0.2, 0.25) is 0 Å². The highest BCUT2D eigenvalue weighted by Crippen LogP contribution is 2.33. The molecule has 0 bridgehead atoms. The summed E-state index contributed by atoms with van der Waals surface area (Å²) < 4.78 is 16.5. The molecule has 28 heavy (non-hydrogen) atoms. The molecule has 1 aliphatic heterocycles. The number of nitrogens with one attached hydrogen (secondary N) is 1. The first-order chi connectivity index (χ1) is 13.6. The molecule has 1 atom stereocenters. The van der Waals surface area contributed by atoms with Crippen molar-refractivity contribution in [1.29, 1.82) is 0 Å². The molecule has 0 fully saturated rings. The maximum Gasteiger partial charge on any atom is 0.265 e. The average molecular weight is 384 g/mol. The lowest BCUT2D eigenvalue weighted by atomic mass is 10.1. The summed E-state index contributed by atoms with van der Waals surface area (Å²) in [5, 5.41) is 2.82. The predicted molar refractivity (Wildman–Crippen MR) is 105 cm³/mol. The van der Waals surface area contributed by atoms with Crippen LogP contribution < -0.4 is 24.4 Å². The Bertz CT molecular complexity index is 822. The molecule has 7 nitrogen and oxygen atoms in total. The molecule has 0 radical (unpaired) electrons. The molecule has 1 aliphatic rings. The highest BCUT2D eigenvalue weighted by atomic mass is 16.5. The summed E-state index contributed by atoms with van der Waals surface area (Å²) in [6.07, 6.45) is 0.0688. The van der Waals surface area contributed by atoms with E-state index in [1.807, 2.05) is 19.1 Å². The van der Waals surface area contributed by atoms with Gasteiger partial charge in [-0.2, -0.15) is 0 Å². The highest BCUT2D eigenvalue weighted by Gasteiger charge is 2.33. The van der Waals surface area contributed by atoms with Crippen molar-refractivity contribution in [2.45, 2.75) is 19.4 Å². The van der Waals surface area contributed by atoms with Crippen molar-refractivity contribution in [3.8, 4) is 17.2 Å². The van der Waals surface area contributed by atoms with Gasteiger partial charge in [0.05, 0.1) is 19.3 Å². The number of rotatable bonds is 7. The third kappa shape index (κ3) is 4.54. The number of para-hydroxylation sites is 2. The normalized spacial score (nSPS) is 15.2. The number of fused-ring (bicyclic) bond motifs is 1. The van der Waals surface area contributed by atoms with Crippen molar-refractivity contribution in [2.24, 2.45) is 0 Å². The van der Waals surface area contributed by atoms with Crippen molar-refractivity contribution in [2.75, 3.05) is 31.7 Å². The summed E-state index contributed by atoms with van der Waals surface area (Å²) in [6.45, 7) is 2.53. The van der Waals surface area contributed by atoms with E-state index in [4.69, 9.17) is 14.2 Å². The second kappa shape index (κ2) is 9.12. The summed E-state index contributed by atoms with van der Waals surface area (Å²) in [7, 11) is 1.59. The van der Waals surface area contributed by atoms with Crippen molar-refractivity contribution in [3.63, 3.8) is 0 Å². The molecular weight excluding hydrogens is 360 g/mol. The van der Waals surface area contributed by atoms with Crippen LogP contribution in [0.15, 0.2) is 48.5 Å². The Morgan fingerprint density at radius 1 is 1.14 bits per heavy atom. The predicted octanol–water partition coefficient (Wildman–Crippen LogP) is 2.39. The standard InChI is InChI=1S/C21H24N2O5/c1-3-12-22-21(25)19-13-23(17-6-4-5-7-18(17)28-19)20(24)14-27-16-10-8-15(26-2)9-11-16/h4-11,19H,3,12-14H2,1-2H3,(H,22,25)/t19-/m1/s1. The van der Waals surface area contributed by atoms with E-state index < -0.39 is 6.10 Å². The molecule has 0 unspecified atom stereocenters. The van der Waals surface area contributed by atoms with E-state index >= 15 is 0 Å². The van der Waals surface area contributed by atoms with Crippen LogP contribution >= 0.6 is 0 Å². The van der Waals surface area contributed by atoms with Crippen LogP contribution in [0.4, 0.5) is 5.69 Å². The van der Waals surface area contributed by atoms with E-state index in [-0.39, 0.29) is 25.0 Å². The third-order valence-corrected chi connectivity index (χ3v) is 4.34. The smallest absolute Gasteiger partial charge is 0.265 e. The fourth-order valence-electron chi connectivity index (χ4n) is 2.86. The molecule has 2 amide bonds. The molecule has 0 saturated carbocycles. The molecule has 148 valence electrons. The zero-order valence-electron chi connectivity index (χ0n) is 16.0. The van der Waals surface area contributed by atoms with Gasteiger partial charge in [0, 0.05) is 6.54 Å². The minimum atomic E-state index is -0.758. The van der Waals surface area contributed by atoms with Gasteiger partial charge in [-0.1, -0.05) is 19.1 Å². The van der Waals surface area contributed by atoms with E-state index in [1.54, 1.807) is 48.4 Å². The van der Waals surface area contributed by atoms with Crippen molar-refractivity contribution < 1.29 is 23.8 Å². The minimum Gasteiger partial charge on any atom is -0.497 e. The summed E-state index contributed by atoms with van der Waals surface area (Å²) in [6, 6.07) is 14.2. The first kappa shape index (κ1) is 19.5. The minimum absolute atomic E-state index is 0.136. The lowest BCUT2D eigenvalue weighted by Crippen LogP contribution is -2.51. The first-order valence-corrected chi connectivity index (χ1v) is 9.23. The van der Waals surface area contributed by atoms with Gasteiger partial charge in [0.25, 0.3) is 11.8 Å².